The highest BCUT2D eigenvalue weighted by Gasteiger charge is 2.32. The Morgan fingerprint density at radius 3 is 2.45 bits per heavy atom. The minimum atomic E-state index is -3.77. The number of carboxylic acids is 1. The molecule has 0 radical (unpaired) electrons. The van der Waals surface area contributed by atoms with Gasteiger partial charge in [0.1, 0.15) is 12.7 Å². The first-order valence-corrected chi connectivity index (χ1v) is 7.99. The van der Waals surface area contributed by atoms with Gasteiger partial charge in [0.05, 0.1) is 4.90 Å². The molecule has 1 aromatic carbocycles. The molecule has 0 aromatic heterocycles. The lowest BCUT2D eigenvalue weighted by Gasteiger charge is -2.15. The summed E-state index contributed by atoms with van der Waals surface area (Å²) in [4.78, 5) is 22.0. The van der Waals surface area contributed by atoms with E-state index in [4.69, 9.17) is 5.11 Å². The number of hydrogen-bond donors (Lipinski definition) is 2. The molecule has 0 bridgehead atoms. The van der Waals surface area contributed by atoms with Crippen molar-refractivity contribution in [3.05, 3.63) is 29.8 Å². The molecule has 1 aliphatic rings. The molecule has 0 saturated carbocycles. The minimum Gasteiger partial charge on any atom is -0.480 e. The molecule has 120 valence electrons. The number of carboxylic acid groups (broad SMARTS) is 1. The molecule has 22 heavy (non-hydrogen) atoms. The van der Waals surface area contributed by atoms with Crippen LogP contribution in [0.15, 0.2) is 29.2 Å². The predicted molar refractivity (Wildman–Crippen MR) is 74.7 cm³/mol. The summed E-state index contributed by atoms with van der Waals surface area (Å²) < 4.78 is 38.7. The largest absolute Gasteiger partial charge is 0.480 e. The number of halogens is 1. The number of hydrogen-bond acceptors (Lipinski definition) is 4. The van der Waals surface area contributed by atoms with Crippen LogP contribution in [0.5, 0.6) is 0 Å². The van der Waals surface area contributed by atoms with Crippen LogP contribution in [0.25, 0.3) is 0 Å². The van der Waals surface area contributed by atoms with E-state index in [9.17, 15) is 22.4 Å². The van der Waals surface area contributed by atoms with Gasteiger partial charge in [-0.3, -0.25) is 9.59 Å². The van der Waals surface area contributed by atoms with Gasteiger partial charge in [-0.2, -0.15) is 4.31 Å². The average Bonchev–Trinajstić information content (AvgIpc) is 2.92. The maximum absolute atomic E-state index is 13.1. The lowest BCUT2D eigenvalue weighted by atomic mass is 10.2. The molecule has 1 aliphatic heterocycles. The topological polar surface area (TPSA) is 104 Å². The van der Waals surface area contributed by atoms with Crippen molar-refractivity contribution in [2.75, 3.05) is 19.6 Å². The number of carbonyl (C=O) groups excluding carboxylic acids is 1. The number of nitrogens with zero attached hydrogens (tertiary/aromatic N) is 1. The smallest absolute Gasteiger partial charge is 0.322 e. The summed E-state index contributed by atoms with van der Waals surface area (Å²) in [6.45, 7) is -0.557. The number of aliphatic carboxylic acids is 1. The van der Waals surface area contributed by atoms with Gasteiger partial charge in [0.15, 0.2) is 0 Å². The van der Waals surface area contributed by atoms with E-state index in [-0.39, 0.29) is 30.0 Å². The van der Waals surface area contributed by atoms with Crippen LogP contribution in [0.1, 0.15) is 16.8 Å². The molecule has 2 N–H and O–H groups in total. The van der Waals surface area contributed by atoms with Gasteiger partial charge in [0.25, 0.3) is 5.91 Å². The Balaban J connectivity index is 2.11. The highest BCUT2D eigenvalue weighted by molar-refractivity contribution is 7.89. The Hall–Kier alpha value is -2.00. The predicted octanol–water partition coefficient (Wildman–Crippen LogP) is 0.234. The van der Waals surface area contributed by atoms with Crippen LogP contribution in [0.2, 0.25) is 0 Å². The van der Waals surface area contributed by atoms with Gasteiger partial charge in [0.2, 0.25) is 10.0 Å². The van der Waals surface area contributed by atoms with Crippen molar-refractivity contribution in [3.8, 4) is 0 Å². The van der Waals surface area contributed by atoms with Crippen molar-refractivity contribution < 1.29 is 27.5 Å². The highest BCUT2D eigenvalue weighted by atomic mass is 32.2. The van der Waals surface area contributed by atoms with Gasteiger partial charge < -0.3 is 10.4 Å². The third-order valence-corrected chi connectivity index (χ3v) is 5.13. The van der Waals surface area contributed by atoms with Crippen LogP contribution >= 0.6 is 0 Å². The van der Waals surface area contributed by atoms with E-state index in [1.54, 1.807) is 0 Å². The number of rotatable bonds is 5. The third-order valence-electron chi connectivity index (χ3n) is 3.25. The fourth-order valence-corrected chi connectivity index (χ4v) is 3.57. The number of alkyl halides is 1. The molecule has 0 spiro atoms. The summed E-state index contributed by atoms with van der Waals surface area (Å²) in [7, 11) is -3.77. The SMILES string of the molecule is O=C(O)CNC(=O)c1ccc(S(=O)(=O)N2CC[C@@H](F)C2)cc1. The fraction of sp³-hybridized carbons (Fsp3) is 0.385. The monoisotopic (exact) mass is 330 g/mol. The van der Waals surface area contributed by atoms with E-state index in [1.807, 2.05) is 0 Å². The molecule has 0 unspecified atom stereocenters. The van der Waals surface area contributed by atoms with Gasteiger partial charge in [0, 0.05) is 18.7 Å². The molecule has 7 nitrogen and oxygen atoms in total. The fourth-order valence-electron chi connectivity index (χ4n) is 2.09. The zero-order valence-electron chi connectivity index (χ0n) is 11.5. The maximum Gasteiger partial charge on any atom is 0.322 e. The van der Waals surface area contributed by atoms with Gasteiger partial charge >= 0.3 is 5.97 Å². The summed E-state index contributed by atoms with van der Waals surface area (Å²) in [6, 6.07) is 5.06. The van der Waals surface area contributed by atoms with Crippen molar-refractivity contribution in [1.82, 2.24) is 9.62 Å². The van der Waals surface area contributed by atoms with E-state index < -0.39 is 34.6 Å². The van der Waals surface area contributed by atoms with Gasteiger partial charge in [-0.1, -0.05) is 0 Å². The average molecular weight is 330 g/mol. The molecule has 1 heterocycles. The van der Waals surface area contributed by atoms with Crippen LogP contribution < -0.4 is 5.32 Å². The summed E-state index contributed by atoms with van der Waals surface area (Å²) in [5.74, 6) is -1.79. The first kappa shape index (κ1) is 16.4. The van der Waals surface area contributed by atoms with Crippen molar-refractivity contribution in [1.29, 1.82) is 0 Å². The molecule has 9 heteroatoms. The minimum absolute atomic E-state index is 0.0311. The maximum atomic E-state index is 13.1. The first-order chi connectivity index (χ1) is 10.3. The number of benzene rings is 1. The van der Waals surface area contributed by atoms with Crippen molar-refractivity contribution in [2.45, 2.75) is 17.5 Å². The molecule has 1 saturated heterocycles. The third kappa shape index (κ3) is 3.60. The molecule has 0 aliphatic carbocycles. The van der Waals surface area contributed by atoms with Crippen LogP contribution in [-0.2, 0) is 14.8 Å². The van der Waals surface area contributed by atoms with Crippen LogP contribution in [-0.4, -0.2) is 55.5 Å². The van der Waals surface area contributed by atoms with E-state index >= 15 is 0 Å². The summed E-state index contributed by atoms with van der Waals surface area (Å²) in [5, 5.41) is 10.6. The van der Waals surface area contributed by atoms with E-state index in [0.717, 1.165) is 4.31 Å². The molecular weight excluding hydrogens is 315 g/mol. The lowest BCUT2D eigenvalue weighted by molar-refractivity contribution is -0.135. The Morgan fingerprint density at radius 1 is 1.32 bits per heavy atom. The normalized spacial score (nSPS) is 19.0. The number of amides is 1. The van der Waals surface area contributed by atoms with Gasteiger partial charge in [-0.15, -0.1) is 0 Å². The quantitative estimate of drug-likeness (QED) is 0.804. The Bertz CT molecular complexity index is 674. The van der Waals surface area contributed by atoms with Crippen LogP contribution in [0, 0.1) is 0 Å². The molecule has 1 fully saturated rings. The Kier molecular flexibility index (Phi) is 4.77. The van der Waals surface area contributed by atoms with Gasteiger partial charge in [-0.25, -0.2) is 12.8 Å². The standard InChI is InChI=1S/C13H15FN2O5S/c14-10-5-6-16(8-10)22(20,21)11-3-1-9(2-4-11)13(19)15-7-12(17)18/h1-4,10H,5-8H2,(H,15,19)(H,17,18)/t10-/m1/s1. The van der Waals surface area contributed by atoms with Crippen molar-refractivity contribution in [3.63, 3.8) is 0 Å². The summed E-state index contributed by atoms with van der Waals surface area (Å²) in [5.41, 5.74) is 0.144. The van der Waals surface area contributed by atoms with Crippen molar-refractivity contribution >= 4 is 21.9 Å². The van der Waals surface area contributed by atoms with E-state index in [1.165, 1.54) is 24.3 Å². The zero-order valence-corrected chi connectivity index (χ0v) is 12.3. The molecule has 1 aromatic rings. The first-order valence-electron chi connectivity index (χ1n) is 6.55. The molecule has 1 atom stereocenters. The van der Waals surface area contributed by atoms with Crippen LogP contribution in [0.3, 0.4) is 0 Å². The number of nitrogens with one attached hydrogen (secondary N) is 1. The zero-order chi connectivity index (χ0) is 16.3. The van der Waals surface area contributed by atoms with Crippen molar-refractivity contribution in [2.24, 2.45) is 0 Å². The Labute approximate surface area is 126 Å². The van der Waals surface area contributed by atoms with Crippen LogP contribution in [0.4, 0.5) is 4.39 Å². The van der Waals surface area contributed by atoms with E-state index in [2.05, 4.69) is 5.32 Å². The second kappa shape index (κ2) is 6.41. The number of carbonyl (C=O) groups is 2. The highest BCUT2D eigenvalue weighted by Crippen LogP contribution is 2.22. The molecule has 1 amide bonds. The number of sulfonamides is 1. The van der Waals surface area contributed by atoms with Gasteiger partial charge in [-0.05, 0) is 30.7 Å². The second-order valence-electron chi connectivity index (χ2n) is 4.85. The second-order valence-corrected chi connectivity index (χ2v) is 6.79. The van der Waals surface area contributed by atoms with E-state index in [0.29, 0.717) is 0 Å². The lowest BCUT2D eigenvalue weighted by Crippen LogP contribution is -2.30. The summed E-state index contributed by atoms with van der Waals surface area (Å²) >= 11 is 0. The molecule has 2 rings (SSSR count). The Morgan fingerprint density at radius 2 is 1.95 bits per heavy atom. The molecular formula is C13H15FN2O5S. The summed E-state index contributed by atoms with van der Waals surface area (Å²) in [6.07, 6.45) is -0.981.